The zero-order chi connectivity index (χ0) is 14.8. The summed E-state index contributed by atoms with van der Waals surface area (Å²) in [7, 11) is 0. The Kier molecular flexibility index (Phi) is 3.85. The fourth-order valence-corrected chi connectivity index (χ4v) is 2.18. The van der Waals surface area contributed by atoms with Crippen molar-refractivity contribution in [3.8, 4) is 6.07 Å². The first-order valence-electron chi connectivity index (χ1n) is 6.71. The molecule has 1 aromatic heterocycles. The van der Waals surface area contributed by atoms with Crippen molar-refractivity contribution in [2.45, 2.75) is 39.0 Å². The Bertz CT molecular complexity index is 634. The van der Waals surface area contributed by atoms with Crippen molar-refractivity contribution < 1.29 is 0 Å². The van der Waals surface area contributed by atoms with Gasteiger partial charge in [-0.15, -0.1) is 0 Å². The highest BCUT2D eigenvalue weighted by Crippen LogP contribution is 2.30. The second-order valence-corrected chi connectivity index (χ2v) is 6.03. The second-order valence-electron chi connectivity index (χ2n) is 6.03. The molecule has 1 heterocycles. The molecule has 2 aromatic rings. The number of hydrogen-bond acceptors (Lipinski definition) is 3. The zero-order valence-corrected chi connectivity index (χ0v) is 12.4. The van der Waals surface area contributed by atoms with Crippen LogP contribution in [0.1, 0.15) is 49.1 Å². The molecule has 0 aliphatic carbocycles. The summed E-state index contributed by atoms with van der Waals surface area (Å²) in [4.78, 5) is 0. The summed E-state index contributed by atoms with van der Waals surface area (Å²) < 4.78 is 0. The zero-order valence-electron chi connectivity index (χ0n) is 12.4. The topological polar surface area (TPSA) is 49.6 Å². The quantitative estimate of drug-likeness (QED) is 0.831. The minimum atomic E-state index is -0.369. The van der Waals surface area contributed by atoms with Gasteiger partial charge in [-0.3, -0.25) is 0 Å². The maximum atomic E-state index is 9.53. The highest BCUT2D eigenvalue weighted by atomic mass is 15.1. The standard InChI is InChI=1S/C17H19N3/c1-12-7-8-13(17(2,3)4)10-14(12)15(11-18)16-6-5-9-19-20-16/h5-10,15H,1-4H3. The lowest BCUT2D eigenvalue weighted by Crippen LogP contribution is -2.13. The van der Waals surface area contributed by atoms with Crippen molar-refractivity contribution in [2.75, 3.05) is 0 Å². The van der Waals surface area contributed by atoms with Gasteiger partial charge in [-0.05, 0) is 41.2 Å². The van der Waals surface area contributed by atoms with E-state index in [2.05, 4.69) is 55.2 Å². The van der Waals surface area contributed by atoms with Crippen LogP contribution in [0, 0.1) is 18.3 Å². The molecule has 0 amide bonds. The minimum absolute atomic E-state index is 0.0603. The summed E-state index contributed by atoms with van der Waals surface area (Å²) >= 11 is 0. The lowest BCUT2D eigenvalue weighted by Gasteiger charge is -2.22. The van der Waals surface area contributed by atoms with Gasteiger partial charge in [0.15, 0.2) is 0 Å². The van der Waals surface area contributed by atoms with Gasteiger partial charge in [-0.25, -0.2) is 0 Å². The highest BCUT2D eigenvalue weighted by molar-refractivity contribution is 5.43. The molecule has 0 fully saturated rings. The number of nitrogens with zero attached hydrogens (tertiary/aromatic N) is 3. The number of hydrogen-bond donors (Lipinski definition) is 0. The first-order valence-corrected chi connectivity index (χ1v) is 6.71. The SMILES string of the molecule is Cc1ccc(C(C)(C)C)cc1C(C#N)c1cccnn1. The van der Waals surface area contributed by atoms with Gasteiger partial charge >= 0.3 is 0 Å². The number of aryl methyl sites for hydroxylation is 1. The summed E-state index contributed by atoms with van der Waals surface area (Å²) in [5.41, 5.74) is 4.10. The number of aromatic nitrogens is 2. The van der Waals surface area contributed by atoms with Gasteiger partial charge in [-0.2, -0.15) is 15.5 Å². The van der Waals surface area contributed by atoms with Crippen molar-refractivity contribution in [3.05, 3.63) is 58.9 Å². The van der Waals surface area contributed by atoms with Gasteiger partial charge < -0.3 is 0 Å². The first kappa shape index (κ1) is 14.2. The summed E-state index contributed by atoms with van der Waals surface area (Å²) in [6.45, 7) is 8.55. The summed E-state index contributed by atoms with van der Waals surface area (Å²) in [5.74, 6) is -0.369. The third kappa shape index (κ3) is 2.85. The molecule has 0 N–H and O–H groups in total. The predicted octanol–water partition coefficient (Wildman–Crippen LogP) is 3.74. The molecule has 102 valence electrons. The first-order chi connectivity index (χ1) is 9.43. The molecule has 0 aliphatic heterocycles. The van der Waals surface area contributed by atoms with Gasteiger partial charge in [0.2, 0.25) is 0 Å². The molecule has 1 aromatic carbocycles. The Hall–Kier alpha value is -2.21. The predicted molar refractivity (Wildman–Crippen MR) is 79.4 cm³/mol. The maximum Gasteiger partial charge on any atom is 0.115 e. The molecular formula is C17H19N3. The van der Waals surface area contributed by atoms with Crippen LogP contribution in [0.5, 0.6) is 0 Å². The lowest BCUT2D eigenvalue weighted by molar-refractivity contribution is 0.589. The van der Waals surface area contributed by atoms with E-state index in [-0.39, 0.29) is 11.3 Å². The van der Waals surface area contributed by atoms with E-state index in [1.165, 1.54) is 5.56 Å². The fraction of sp³-hybridized carbons (Fsp3) is 0.353. The van der Waals surface area contributed by atoms with E-state index in [1.807, 2.05) is 19.1 Å². The van der Waals surface area contributed by atoms with Crippen molar-refractivity contribution in [1.29, 1.82) is 5.26 Å². The molecule has 3 heteroatoms. The Morgan fingerprint density at radius 2 is 1.95 bits per heavy atom. The Labute approximate surface area is 120 Å². The van der Waals surface area contributed by atoms with Crippen LogP contribution in [0.4, 0.5) is 0 Å². The maximum absolute atomic E-state index is 9.53. The largest absolute Gasteiger partial charge is 0.197 e. The van der Waals surface area contributed by atoms with Crippen molar-refractivity contribution in [1.82, 2.24) is 10.2 Å². The second kappa shape index (κ2) is 5.42. The lowest BCUT2D eigenvalue weighted by atomic mass is 9.82. The van der Waals surface area contributed by atoms with Crippen LogP contribution >= 0.6 is 0 Å². The molecule has 1 unspecified atom stereocenters. The van der Waals surface area contributed by atoms with Crippen LogP contribution < -0.4 is 0 Å². The molecule has 0 saturated carbocycles. The van der Waals surface area contributed by atoms with E-state index >= 15 is 0 Å². The van der Waals surface area contributed by atoms with Crippen molar-refractivity contribution in [2.24, 2.45) is 0 Å². The van der Waals surface area contributed by atoms with E-state index < -0.39 is 0 Å². The van der Waals surface area contributed by atoms with Crippen LogP contribution in [0.25, 0.3) is 0 Å². The molecule has 3 nitrogen and oxygen atoms in total. The third-order valence-electron chi connectivity index (χ3n) is 3.47. The van der Waals surface area contributed by atoms with Gasteiger partial charge in [0, 0.05) is 6.20 Å². The Morgan fingerprint density at radius 1 is 1.20 bits per heavy atom. The molecule has 0 bridgehead atoms. The number of nitriles is 1. The average Bonchev–Trinajstić information content (AvgIpc) is 2.41. The molecule has 0 radical (unpaired) electrons. The molecule has 0 aliphatic rings. The van der Waals surface area contributed by atoms with Gasteiger partial charge in [0.1, 0.15) is 5.92 Å². The van der Waals surface area contributed by atoms with Crippen LogP contribution in [0.3, 0.4) is 0 Å². The van der Waals surface area contributed by atoms with Gasteiger partial charge in [-0.1, -0.05) is 39.0 Å². The van der Waals surface area contributed by atoms with Crippen molar-refractivity contribution in [3.63, 3.8) is 0 Å². The highest BCUT2D eigenvalue weighted by Gasteiger charge is 2.21. The molecular weight excluding hydrogens is 246 g/mol. The molecule has 0 saturated heterocycles. The van der Waals surface area contributed by atoms with Crippen LogP contribution in [0.2, 0.25) is 0 Å². The van der Waals surface area contributed by atoms with Crippen LogP contribution in [-0.4, -0.2) is 10.2 Å². The number of rotatable bonds is 2. The van der Waals surface area contributed by atoms with Gasteiger partial charge in [0.25, 0.3) is 0 Å². The van der Waals surface area contributed by atoms with E-state index in [9.17, 15) is 5.26 Å². The van der Waals surface area contributed by atoms with E-state index in [4.69, 9.17) is 0 Å². The summed E-state index contributed by atoms with van der Waals surface area (Å²) in [5, 5.41) is 17.5. The fourth-order valence-electron chi connectivity index (χ4n) is 2.18. The summed E-state index contributed by atoms with van der Waals surface area (Å²) in [6, 6.07) is 12.3. The smallest absolute Gasteiger partial charge is 0.115 e. The van der Waals surface area contributed by atoms with E-state index in [0.29, 0.717) is 5.69 Å². The third-order valence-corrected chi connectivity index (χ3v) is 3.47. The monoisotopic (exact) mass is 265 g/mol. The van der Waals surface area contributed by atoms with E-state index in [1.54, 1.807) is 6.20 Å². The molecule has 20 heavy (non-hydrogen) atoms. The average molecular weight is 265 g/mol. The normalized spacial score (nSPS) is 12.8. The number of benzene rings is 1. The van der Waals surface area contributed by atoms with E-state index in [0.717, 1.165) is 11.1 Å². The Morgan fingerprint density at radius 3 is 2.50 bits per heavy atom. The summed E-state index contributed by atoms with van der Waals surface area (Å²) in [6.07, 6.45) is 1.62. The molecule has 2 rings (SSSR count). The minimum Gasteiger partial charge on any atom is -0.197 e. The van der Waals surface area contributed by atoms with Crippen molar-refractivity contribution >= 4 is 0 Å². The molecule has 0 spiro atoms. The molecule has 1 atom stereocenters. The Balaban J connectivity index is 2.53. The van der Waals surface area contributed by atoms with Crippen LogP contribution in [-0.2, 0) is 5.41 Å². The van der Waals surface area contributed by atoms with Gasteiger partial charge in [0.05, 0.1) is 11.8 Å². The van der Waals surface area contributed by atoms with Crippen LogP contribution in [0.15, 0.2) is 36.5 Å².